The predicted molar refractivity (Wildman–Crippen MR) is 173 cm³/mol. The number of imidazole rings is 1. The van der Waals surface area contributed by atoms with Crippen LogP contribution in [0.5, 0.6) is 5.75 Å². The van der Waals surface area contributed by atoms with Gasteiger partial charge in [0.2, 0.25) is 0 Å². The van der Waals surface area contributed by atoms with E-state index in [0.29, 0.717) is 17.9 Å². The summed E-state index contributed by atoms with van der Waals surface area (Å²) in [6.07, 6.45) is 0.955. The smallest absolute Gasteiger partial charge is 0.340 e. The number of aryl methyl sites for hydroxylation is 1. The zero-order valence-electron chi connectivity index (χ0n) is 25.1. The molecule has 1 unspecified atom stereocenters. The van der Waals surface area contributed by atoms with Gasteiger partial charge in [0, 0.05) is 27.9 Å². The molecule has 0 amide bonds. The molecule has 0 saturated carbocycles. The molecule has 0 aliphatic rings. The van der Waals surface area contributed by atoms with Crippen LogP contribution in [-0.4, -0.2) is 44.5 Å². The molecule has 0 radical (unpaired) electrons. The van der Waals surface area contributed by atoms with Crippen LogP contribution in [0.15, 0.2) is 109 Å². The fourth-order valence-electron chi connectivity index (χ4n) is 5.67. The Kier molecular flexibility index (Phi) is 8.30. The summed E-state index contributed by atoms with van der Waals surface area (Å²) in [6, 6.07) is 34.0. The molecule has 44 heavy (non-hydrogen) atoms. The average molecular weight is 586 g/mol. The van der Waals surface area contributed by atoms with Gasteiger partial charge in [-0.25, -0.2) is 9.78 Å². The second-order valence-corrected chi connectivity index (χ2v) is 10.8. The van der Waals surface area contributed by atoms with Gasteiger partial charge in [-0.15, -0.1) is 0 Å². The summed E-state index contributed by atoms with van der Waals surface area (Å²) in [7, 11) is 0. The number of rotatable bonds is 10. The maximum absolute atomic E-state index is 13.1. The molecule has 6 rings (SSSR count). The minimum atomic E-state index is -0.811. The zero-order valence-corrected chi connectivity index (χ0v) is 25.1. The van der Waals surface area contributed by atoms with E-state index in [1.807, 2.05) is 109 Å². The van der Waals surface area contributed by atoms with Gasteiger partial charge >= 0.3 is 5.97 Å². The van der Waals surface area contributed by atoms with Crippen molar-refractivity contribution in [3.05, 3.63) is 126 Å². The summed E-state index contributed by atoms with van der Waals surface area (Å²) in [4.78, 5) is 17.8. The fourth-order valence-corrected chi connectivity index (χ4v) is 5.67. The van der Waals surface area contributed by atoms with E-state index < -0.39 is 6.10 Å². The van der Waals surface area contributed by atoms with E-state index in [-0.39, 0.29) is 19.2 Å². The third kappa shape index (κ3) is 5.74. The minimum Gasteiger partial charge on any atom is -0.491 e. The molecule has 0 saturated heterocycles. The van der Waals surface area contributed by atoms with Crippen LogP contribution in [0, 0.1) is 13.8 Å². The van der Waals surface area contributed by atoms with Crippen LogP contribution in [-0.2, 0) is 11.3 Å². The van der Waals surface area contributed by atoms with Crippen molar-refractivity contribution in [3.63, 3.8) is 0 Å². The van der Waals surface area contributed by atoms with Gasteiger partial charge in [0.25, 0.3) is 0 Å². The van der Waals surface area contributed by atoms with E-state index in [9.17, 15) is 9.90 Å². The highest BCUT2D eigenvalue weighted by atomic mass is 16.5. The Morgan fingerprint density at radius 1 is 0.886 bits per heavy atom. The maximum Gasteiger partial charge on any atom is 0.340 e. The molecule has 0 aliphatic carbocycles. The van der Waals surface area contributed by atoms with E-state index >= 15 is 0 Å². The monoisotopic (exact) mass is 585 g/mol. The van der Waals surface area contributed by atoms with Gasteiger partial charge in [-0.1, -0.05) is 78.4 Å². The Balaban J connectivity index is 1.27. The van der Waals surface area contributed by atoms with E-state index in [2.05, 4.69) is 16.7 Å². The first-order valence-electron chi connectivity index (χ1n) is 14.8. The quantitative estimate of drug-likeness (QED) is 0.170. The fraction of sp³-hybridized carbons (Fsp3) is 0.189. The first-order valence-corrected chi connectivity index (χ1v) is 14.8. The Morgan fingerprint density at radius 2 is 1.57 bits per heavy atom. The number of carbonyl (C=O) groups is 1. The normalized spacial score (nSPS) is 11.9. The molecule has 1 atom stereocenters. The molecule has 0 bridgehead atoms. The number of aliphatic hydroxyl groups excluding tert-OH is 1. The molecule has 1 N–H and O–H groups in total. The summed E-state index contributed by atoms with van der Waals surface area (Å²) in [5, 5.41) is 11.8. The van der Waals surface area contributed by atoms with Crippen molar-refractivity contribution < 1.29 is 19.4 Å². The van der Waals surface area contributed by atoms with Gasteiger partial charge < -0.3 is 23.7 Å². The number of esters is 1. The van der Waals surface area contributed by atoms with Crippen molar-refractivity contribution in [1.29, 1.82) is 0 Å². The van der Waals surface area contributed by atoms with Crippen LogP contribution < -0.4 is 4.74 Å². The highest BCUT2D eigenvalue weighted by molar-refractivity contribution is 6.07. The lowest BCUT2D eigenvalue weighted by Gasteiger charge is -2.16. The van der Waals surface area contributed by atoms with Gasteiger partial charge in [-0.05, 0) is 51.1 Å². The van der Waals surface area contributed by atoms with Crippen LogP contribution >= 0.6 is 0 Å². The van der Waals surface area contributed by atoms with Gasteiger partial charge in [-0.3, -0.25) is 0 Å². The van der Waals surface area contributed by atoms with Gasteiger partial charge in [0.15, 0.2) is 0 Å². The van der Waals surface area contributed by atoms with Crippen molar-refractivity contribution in [3.8, 4) is 34.0 Å². The number of hydrogen-bond donors (Lipinski definition) is 1. The number of aliphatic hydroxyl groups is 1. The lowest BCUT2D eigenvalue weighted by atomic mass is 10.0. The van der Waals surface area contributed by atoms with Gasteiger partial charge in [0.1, 0.15) is 18.5 Å². The molecule has 0 aliphatic heterocycles. The van der Waals surface area contributed by atoms with Crippen LogP contribution in [0.2, 0.25) is 0 Å². The predicted octanol–water partition coefficient (Wildman–Crippen LogP) is 7.39. The molecule has 2 heterocycles. The van der Waals surface area contributed by atoms with Crippen molar-refractivity contribution in [2.75, 3.05) is 13.2 Å². The SMILES string of the molecule is CCOC(=O)c1c(C)n(-c2ccc(C)cc2)c2ccc(OCC(O)Cn3cnc(-c4ccccc4)c3-c3ccccc3)cc12. The molecule has 0 fully saturated rings. The molecule has 4 aromatic carbocycles. The van der Waals surface area contributed by atoms with Crippen LogP contribution in [0.25, 0.3) is 39.1 Å². The number of ether oxygens (including phenoxy) is 2. The van der Waals surface area contributed by atoms with E-state index in [1.54, 1.807) is 13.3 Å². The minimum absolute atomic E-state index is 0.0605. The summed E-state index contributed by atoms with van der Waals surface area (Å²) in [5.74, 6) is 0.183. The number of benzene rings is 4. The Morgan fingerprint density at radius 3 is 2.25 bits per heavy atom. The van der Waals surface area contributed by atoms with Gasteiger partial charge in [0.05, 0.1) is 41.9 Å². The zero-order chi connectivity index (χ0) is 30.6. The van der Waals surface area contributed by atoms with Crippen LogP contribution in [0.4, 0.5) is 0 Å². The lowest BCUT2D eigenvalue weighted by Crippen LogP contribution is -2.23. The first kappa shape index (κ1) is 29.0. The number of nitrogens with zero attached hydrogens (tertiary/aromatic N) is 3. The standard InChI is InChI=1S/C37H35N3O4/c1-4-43-37(42)34-26(3)40(29-17-15-25(2)16-18-29)33-20-19-31(21-32(33)34)44-23-30(41)22-39-24-38-35(27-11-7-5-8-12-27)36(39)28-13-9-6-10-14-28/h5-21,24,30,41H,4,22-23H2,1-3H3. The van der Waals surface area contributed by atoms with Gasteiger partial charge in [-0.2, -0.15) is 0 Å². The molecule has 0 spiro atoms. The largest absolute Gasteiger partial charge is 0.491 e. The third-order valence-electron chi connectivity index (χ3n) is 7.73. The molecule has 222 valence electrons. The average Bonchev–Trinajstić information content (AvgIpc) is 3.59. The molecule has 7 heteroatoms. The number of aromatic nitrogens is 3. The van der Waals surface area contributed by atoms with Crippen molar-refractivity contribution in [2.45, 2.75) is 33.4 Å². The van der Waals surface area contributed by atoms with Crippen LogP contribution in [0.3, 0.4) is 0 Å². The molecule has 2 aromatic heterocycles. The molecular weight excluding hydrogens is 550 g/mol. The van der Waals surface area contributed by atoms with E-state index in [1.165, 1.54) is 0 Å². The lowest BCUT2D eigenvalue weighted by molar-refractivity contribution is 0.0527. The van der Waals surface area contributed by atoms with E-state index in [4.69, 9.17) is 14.5 Å². The summed E-state index contributed by atoms with van der Waals surface area (Å²) < 4.78 is 15.6. The summed E-state index contributed by atoms with van der Waals surface area (Å²) >= 11 is 0. The Bertz CT molecular complexity index is 1890. The number of hydrogen-bond acceptors (Lipinski definition) is 5. The molecule has 6 aromatic rings. The van der Waals surface area contributed by atoms with Crippen molar-refractivity contribution in [1.82, 2.24) is 14.1 Å². The first-order chi connectivity index (χ1) is 21.4. The maximum atomic E-state index is 13.1. The second kappa shape index (κ2) is 12.6. The molecular formula is C37H35N3O4. The van der Waals surface area contributed by atoms with Crippen molar-refractivity contribution >= 4 is 16.9 Å². The van der Waals surface area contributed by atoms with Crippen LogP contribution in [0.1, 0.15) is 28.5 Å². The van der Waals surface area contributed by atoms with Crippen molar-refractivity contribution in [2.24, 2.45) is 0 Å². The summed E-state index contributed by atoms with van der Waals surface area (Å²) in [5.41, 5.74) is 8.11. The number of carbonyl (C=O) groups excluding carboxylic acids is 1. The topological polar surface area (TPSA) is 78.5 Å². The Labute approximate surface area is 257 Å². The summed E-state index contributed by atoms with van der Waals surface area (Å²) in [6.45, 7) is 6.41. The third-order valence-corrected chi connectivity index (χ3v) is 7.73. The molecule has 7 nitrogen and oxygen atoms in total. The van der Waals surface area contributed by atoms with E-state index in [0.717, 1.165) is 50.4 Å². The Hall–Kier alpha value is -5.14. The number of fused-ring (bicyclic) bond motifs is 1. The highest BCUT2D eigenvalue weighted by Crippen LogP contribution is 2.34. The highest BCUT2D eigenvalue weighted by Gasteiger charge is 2.23. The second-order valence-electron chi connectivity index (χ2n) is 10.8.